The molecule has 0 saturated carbocycles. The van der Waals surface area contributed by atoms with Gasteiger partial charge >= 0.3 is 12.1 Å². The Bertz CT molecular complexity index is 570. The third-order valence-corrected chi connectivity index (χ3v) is 3.36. The molecule has 1 saturated heterocycles. The van der Waals surface area contributed by atoms with Gasteiger partial charge in [0, 0.05) is 5.56 Å². The largest absolute Gasteiger partial charge is 0.497 e. The van der Waals surface area contributed by atoms with Crippen molar-refractivity contribution in [1.29, 1.82) is 0 Å². The zero-order valence-corrected chi connectivity index (χ0v) is 13.1. The minimum absolute atomic E-state index is 0.0549. The van der Waals surface area contributed by atoms with Crippen LogP contribution >= 0.6 is 0 Å². The molecule has 1 amide bonds. The number of carbonyl (C=O) groups excluding carboxylic acids is 2. The molecule has 23 heavy (non-hydrogen) atoms. The number of ether oxygens (including phenoxy) is 4. The molecule has 0 N–H and O–H groups in total. The smallest absolute Gasteiger partial charge is 0.412 e. The van der Waals surface area contributed by atoms with Crippen molar-refractivity contribution in [2.24, 2.45) is 0 Å². The van der Waals surface area contributed by atoms with Gasteiger partial charge in [-0.05, 0) is 12.1 Å². The molecule has 2 rings (SSSR count). The number of hydrogen-bond donors (Lipinski definition) is 0. The summed E-state index contributed by atoms with van der Waals surface area (Å²) < 4.78 is 20.5. The number of carbonyl (C=O) groups is 2. The van der Waals surface area contributed by atoms with Crippen LogP contribution in [0, 0.1) is 0 Å². The van der Waals surface area contributed by atoms with Crippen LogP contribution in [0.3, 0.4) is 0 Å². The highest BCUT2D eigenvalue weighted by molar-refractivity contribution is 5.77. The van der Waals surface area contributed by atoms with E-state index >= 15 is 0 Å². The van der Waals surface area contributed by atoms with E-state index in [4.69, 9.17) is 14.2 Å². The Kier molecular flexibility index (Phi) is 5.59. The summed E-state index contributed by atoms with van der Waals surface area (Å²) in [5.74, 6) is 0.139. The summed E-state index contributed by atoms with van der Waals surface area (Å²) in [6.07, 6.45) is -0.711. The number of esters is 1. The highest BCUT2D eigenvalue weighted by Gasteiger charge is 2.41. The van der Waals surface area contributed by atoms with Crippen LogP contribution < -0.4 is 4.74 Å². The second-order valence-corrected chi connectivity index (χ2v) is 4.79. The summed E-state index contributed by atoms with van der Waals surface area (Å²) in [5.41, 5.74) is 0.702. The fourth-order valence-electron chi connectivity index (χ4n) is 2.22. The number of methoxy groups -OCH3 is 2. The van der Waals surface area contributed by atoms with Crippen LogP contribution in [-0.4, -0.2) is 50.4 Å². The van der Waals surface area contributed by atoms with Crippen molar-refractivity contribution in [2.75, 3.05) is 27.4 Å². The third-order valence-electron chi connectivity index (χ3n) is 3.36. The fraction of sp³-hybridized carbons (Fsp3) is 0.375. The maximum atomic E-state index is 12.2. The van der Waals surface area contributed by atoms with Crippen LogP contribution in [0.4, 0.5) is 4.79 Å². The molecule has 0 aromatic heterocycles. The van der Waals surface area contributed by atoms with Gasteiger partial charge in [-0.15, -0.1) is 0 Å². The second kappa shape index (κ2) is 7.64. The summed E-state index contributed by atoms with van der Waals surface area (Å²) in [5, 5.41) is 0. The van der Waals surface area contributed by atoms with Crippen molar-refractivity contribution < 1.29 is 28.5 Å². The van der Waals surface area contributed by atoms with Gasteiger partial charge in [-0.3, -0.25) is 4.90 Å². The Balaban J connectivity index is 2.21. The Hall–Kier alpha value is -2.54. The molecule has 0 radical (unpaired) electrons. The quantitative estimate of drug-likeness (QED) is 0.609. The second-order valence-electron chi connectivity index (χ2n) is 4.79. The number of rotatable bonds is 5. The van der Waals surface area contributed by atoms with E-state index in [1.165, 1.54) is 18.1 Å². The van der Waals surface area contributed by atoms with E-state index in [-0.39, 0.29) is 13.2 Å². The van der Waals surface area contributed by atoms with E-state index in [1.807, 2.05) is 0 Å². The van der Waals surface area contributed by atoms with Crippen LogP contribution in [0.5, 0.6) is 5.75 Å². The monoisotopic (exact) mass is 321 g/mol. The molecule has 1 aromatic rings. The van der Waals surface area contributed by atoms with Crippen molar-refractivity contribution in [3.05, 3.63) is 42.5 Å². The normalized spacial score (nSPS) is 20.0. The zero-order chi connectivity index (χ0) is 16.8. The van der Waals surface area contributed by atoms with Gasteiger partial charge in [0.15, 0.2) is 12.3 Å². The zero-order valence-electron chi connectivity index (χ0n) is 13.1. The molecule has 7 nitrogen and oxygen atoms in total. The van der Waals surface area contributed by atoms with Gasteiger partial charge < -0.3 is 18.9 Å². The molecular weight excluding hydrogens is 302 g/mol. The number of benzene rings is 1. The molecule has 7 heteroatoms. The number of nitrogens with zero attached hydrogens (tertiary/aromatic N) is 1. The highest BCUT2D eigenvalue weighted by Crippen LogP contribution is 2.32. The van der Waals surface area contributed by atoms with Gasteiger partial charge in [-0.2, -0.15) is 0 Å². The van der Waals surface area contributed by atoms with Crippen LogP contribution in [0.1, 0.15) is 11.8 Å². The summed E-state index contributed by atoms with van der Waals surface area (Å²) in [7, 11) is 2.83. The lowest BCUT2D eigenvalue weighted by molar-refractivity contribution is -0.153. The summed E-state index contributed by atoms with van der Waals surface area (Å²) in [6.45, 7) is 3.63. The summed E-state index contributed by atoms with van der Waals surface area (Å²) >= 11 is 0. The lowest BCUT2D eigenvalue weighted by Gasteiger charge is -2.22. The van der Waals surface area contributed by atoms with E-state index in [0.29, 0.717) is 11.3 Å². The molecule has 1 fully saturated rings. The van der Waals surface area contributed by atoms with Crippen LogP contribution in [0.25, 0.3) is 0 Å². The maximum absolute atomic E-state index is 12.2. The molecule has 0 bridgehead atoms. The van der Waals surface area contributed by atoms with Crippen molar-refractivity contribution in [3.63, 3.8) is 0 Å². The Morgan fingerprint density at radius 3 is 2.61 bits per heavy atom. The molecule has 1 aromatic carbocycles. The minimum Gasteiger partial charge on any atom is -0.497 e. The van der Waals surface area contributed by atoms with E-state index in [2.05, 4.69) is 11.3 Å². The van der Waals surface area contributed by atoms with E-state index < -0.39 is 24.4 Å². The first-order valence-corrected chi connectivity index (χ1v) is 7.02. The van der Waals surface area contributed by atoms with Crippen molar-refractivity contribution in [2.45, 2.75) is 12.3 Å². The van der Waals surface area contributed by atoms with Gasteiger partial charge in [0.25, 0.3) is 0 Å². The lowest BCUT2D eigenvalue weighted by Crippen LogP contribution is -2.34. The van der Waals surface area contributed by atoms with Crippen LogP contribution in [0.2, 0.25) is 0 Å². The highest BCUT2D eigenvalue weighted by atomic mass is 16.6. The summed E-state index contributed by atoms with van der Waals surface area (Å²) in [6, 6.07) is 7.02. The lowest BCUT2D eigenvalue weighted by atomic mass is 10.2. The Labute approximate surface area is 134 Å². The molecule has 0 spiro atoms. The van der Waals surface area contributed by atoms with Gasteiger partial charge in [0.1, 0.15) is 12.4 Å². The fourth-order valence-corrected chi connectivity index (χ4v) is 2.22. The van der Waals surface area contributed by atoms with Crippen molar-refractivity contribution in [1.82, 2.24) is 4.90 Å². The average Bonchev–Trinajstić information content (AvgIpc) is 3.04. The first kappa shape index (κ1) is 16.8. The van der Waals surface area contributed by atoms with Crippen molar-refractivity contribution >= 4 is 12.1 Å². The maximum Gasteiger partial charge on any atom is 0.412 e. The van der Waals surface area contributed by atoms with Gasteiger partial charge in [0.05, 0.1) is 20.8 Å². The standard InChI is InChI=1S/C16H19NO6/c1-4-9-22-16(19)17-10-13(15(18)21-3)23-14(17)11-5-7-12(20-2)8-6-11/h4-8,13-14H,1,9-10H2,2-3H3. The molecule has 1 aliphatic heterocycles. The third kappa shape index (κ3) is 3.81. The van der Waals surface area contributed by atoms with Crippen LogP contribution in [0.15, 0.2) is 36.9 Å². The predicted octanol–water partition coefficient (Wildman–Crippen LogP) is 1.89. The predicted molar refractivity (Wildman–Crippen MR) is 80.9 cm³/mol. The van der Waals surface area contributed by atoms with E-state index in [0.717, 1.165) is 0 Å². The first-order valence-electron chi connectivity index (χ1n) is 7.02. The molecule has 1 aliphatic rings. The Morgan fingerprint density at radius 2 is 2.04 bits per heavy atom. The molecule has 1 heterocycles. The summed E-state index contributed by atoms with van der Waals surface area (Å²) in [4.78, 5) is 25.2. The minimum atomic E-state index is -0.858. The topological polar surface area (TPSA) is 74.3 Å². The van der Waals surface area contributed by atoms with E-state index in [9.17, 15) is 9.59 Å². The molecule has 2 unspecified atom stereocenters. The van der Waals surface area contributed by atoms with Gasteiger partial charge in [-0.25, -0.2) is 9.59 Å². The van der Waals surface area contributed by atoms with Gasteiger partial charge in [-0.1, -0.05) is 24.8 Å². The molecule has 124 valence electrons. The van der Waals surface area contributed by atoms with E-state index in [1.54, 1.807) is 31.4 Å². The average molecular weight is 321 g/mol. The van der Waals surface area contributed by atoms with Gasteiger partial charge in [0.2, 0.25) is 0 Å². The van der Waals surface area contributed by atoms with Crippen LogP contribution in [-0.2, 0) is 19.0 Å². The molecule has 2 atom stereocenters. The first-order chi connectivity index (χ1) is 11.1. The van der Waals surface area contributed by atoms with Crippen molar-refractivity contribution in [3.8, 4) is 5.75 Å². The molecular formula is C16H19NO6. The number of hydrogen-bond acceptors (Lipinski definition) is 6. The Morgan fingerprint density at radius 1 is 1.35 bits per heavy atom. The SMILES string of the molecule is C=CCOC(=O)N1CC(C(=O)OC)OC1c1ccc(OC)cc1. The molecule has 0 aliphatic carbocycles. The number of amides is 1.